The fourth-order valence-electron chi connectivity index (χ4n) is 8.30. The number of rotatable bonds is 16. The number of fused-ring (bicyclic) bond motifs is 3. The van der Waals surface area contributed by atoms with Gasteiger partial charge in [0, 0.05) is 39.5 Å². The van der Waals surface area contributed by atoms with Crippen LogP contribution in [0.2, 0.25) is 0 Å². The molecular weight excluding hydrogens is 665 g/mol. The van der Waals surface area contributed by atoms with Crippen LogP contribution in [0.15, 0.2) is 160 Å². The van der Waals surface area contributed by atoms with Crippen molar-refractivity contribution in [1.82, 2.24) is 0 Å². The Morgan fingerprint density at radius 2 is 0.673 bits per heavy atom. The summed E-state index contributed by atoms with van der Waals surface area (Å²) in [6, 6.07) is 49.2. The largest absolute Gasteiger partial charge is 0.310 e. The van der Waals surface area contributed by atoms with Gasteiger partial charge in [0.25, 0.3) is 0 Å². The van der Waals surface area contributed by atoms with Gasteiger partial charge in [-0.3, -0.25) is 0 Å². The lowest BCUT2D eigenvalue weighted by atomic mass is 9.70. The quantitative estimate of drug-likeness (QED) is 0.0984. The van der Waals surface area contributed by atoms with E-state index >= 15 is 0 Å². The Morgan fingerprint density at radius 3 is 0.927 bits per heavy atom. The van der Waals surface area contributed by atoms with Crippen molar-refractivity contribution in [2.75, 3.05) is 9.80 Å². The van der Waals surface area contributed by atoms with Crippen LogP contribution in [-0.4, -0.2) is 0 Å². The predicted octanol–water partition coefficient (Wildman–Crippen LogP) is 15.8. The van der Waals surface area contributed by atoms with Crippen molar-refractivity contribution in [1.29, 1.82) is 0 Å². The minimum absolute atomic E-state index is 0.126. The van der Waals surface area contributed by atoms with Crippen molar-refractivity contribution >= 4 is 58.4 Å². The highest BCUT2D eigenvalue weighted by Gasteiger charge is 2.43. The molecule has 2 nitrogen and oxygen atoms in total. The van der Waals surface area contributed by atoms with Crippen LogP contribution in [-0.2, 0) is 5.41 Å². The number of hydrogen-bond acceptors (Lipinski definition) is 2. The van der Waals surface area contributed by atoms with E-state index in [9.17, 15) is 0 Å². The van der Waals surface area contributed by atoms with Crippen LogP contribution in [0.3, 0.4) is 0 Å². The standard InChI is InChI=1S/C53H52N2/c1-7-13-35-53(36-14-8-2)51-37-47(54(43-23-15-39(9-3)16-24-43)44-25-17-40(10-4)18-26-44)31-33-49(51)50-34-32-48(38-52(50)53)55(45-27-19-41(11-5)20-28-45)46-29-21-42(12-6)22-30-46/h9-12,15-34,37-38H,3-8,13-14,35-36H2,1-2H3. The van der Waals surface area contributed by atoms with Gasteiger partial charge in [-0.05, 0) is 130 Å². The van der Waals surface area contributed by atoms with Crippen LogP contribution in [0.1, 0.15) is 85.8 Å². The van der Waals surface area contributed by atoms with E-state index in [0.29, 0.717) is 0 Å². The molecule has 0 saturated heterocycles. The first-order chi connectivity index (χ1) is 27.0. The molecule has 55 heavy (non-hydrogen) atoms. The average molecular weight is 717 g/mol. The van der Waals surface area contributed by atoms with E-state index in [1.54, 1.807) is 0 Å². The van der Waals surface area contributed by atoms with Crippen molar-refractivity contribution in [2.45, 2.75) is 57.8 Å². The molecule has 0 heterocycles. The molecule has 6 aromatic rings. The lowest BCUT2D eigenvalue weighted by Crippen LogP contribution is -2.26. The zero-order chi connectivity index (χ0) is 38.4. The Balaban J connectivity index is 1.42. The summed E-state index contributed by atoms with van der Waals surface area (Å²) >= 11 is 0. The molecular formula is C53H52N2. The number of nitrogens with zero attached hydrogens (tertiary/aromatic N) is 2. The molecule has 0 saturated carbocycles. The third-order valence-corrected chi connectivity index (χ3v) is 11.3. The van der Waals surface area contributed by atoms with E-state index < -0.39 is 0 Å². The van der Waals surface area contributed by atoms with E-state index in [2.05, 4.69) is 183 Å². The van der Waals surface area contributed by atoms with Gasteiger partial charge in [0.05, 0.1) is 0 Å². The van der Waals surface area contributed by atoms with Gasteiger partial charge in [0.15, 0.2) is 0 Å². The molecule has 0 aromatic heterocycles. The second kappa shape index (κ2) is 16.5. The summed E-state index contributed by atoms with van der Waals surface area (Å²) in [4.78, 5) is 4.78. The number of anilines is 6. The highest BCUT2D eigenvalue weighted by Crippen LogP contribution is 2.57. The van der Waals surface area contributed by atoms with Gasteiger partial charge in [0.1, 0.15) is 0 Å². The molecule has 7 rings (SSSR count). The second-order valence-electron chi connectivity index (χ2n) is 14.6. The van der Waals surface area contributed by atoms with Crippen molar-refractivity contribution in [2.24, 2.45) is 0 Å². The molecule has 0 unspecified atom stereocenters. The predicted molar refractivity (Wildman–Crippen MR) is 241 cm³/mol. The highest BCUT2D eigenvalue weighted by atomic mass is 15.1. The molecule has 0 fully saturated rings. The maximum absolute atomic E-state index is 4.00. The van der Waals surface area contributed by atoms with Crippen LogP contribution in [0, 0.1) is 0 Å². The van der Waals surface area contributed by atoms with Gasteiger partial charge in [-0.2, -0.15) is 0 Å². The molecule has 0 bridgehead atoms. The fraction of sp³-hybridized carbons (Fsp3) is 0.170. The number of hydrogen-bond donors (Lipinski definition) is 0. The molecule has 0 spiro atoms. The van der Waals surface area contributed by atoms with Crippen molar-refractivity contribution in [3.8, 4) is 11.1 Å². The molecule has 1 aliphatic carbocycles. The number of unbranched alkanes of at least 4 members (excludes halogenated alkanes) is 2. The van der Waals surface area contributed by atoms with E-state index in [1.165, 1.54) is 22.3 Å². The Kier molecular flexibility index (Phi) is 11.2. The normalized spacial score (nSPS) is 12.3. The van der Waals surface area contributed by atoms with Crippen LogP contribution in [0.25, 0.3) is 35.4 Å². The van der Waals surface area contributed by atoms with E-state index in [-0.39, 0.29) is 5.41 Å². The summed E-state index contributed by atoms with van der Waals surface area (Å²) in [5.41, 5.74) is 16.6. The van der Waals surface area contributed by atoms with Gasteiger partial charge in [0.2, 0.25) is 0 Å². The zero-order valence-electron chi connectivity index (χ0n) is 32.5. The maximum atomic E-state index is 4.00. The van der Waals surface area contributed by atoms with Crippen LogP contribution in [0.4, 0.5) is 34.1 Å². The molecule has 0 amide bonds. The van der Waals surface area contributed by atoms with Crippen molar-refractivity contribution in [3.63, 3.8) is 0 Å². The minimum atomic E-state index is -0.126. The fourth-order valence-corrected chi connectivity index (χ4v) is 8.30. The minimum Gasteiger partial charge on any atom is -0.310 e. The van der Waals surface area contributed by atoms with Gasteiger partial charge in [-0.25, -0.2) is 0 Å². The van der Waals surface area contributed by atoms with Crippen LogP contribution >= 0.6 is 0 Å². The first-order valence-electron chi connectivity index (χ1n) is 19.8. The highest BCUT2D eigenvalue weighted by molar-refractivity contribution is 5.89. The second-order valence-corrected chi connectivity index (χ2v) is 14.6. The molecule has 2 heteroatoms. The molecule has 0 atom stereocenters. The van der Waals surface area contributed by atoms with Crippen LogP contribution in [0.5, 0.6) is 0 Å². The summed E-state index contributed by atoms with van der Waals surface area (Å²) in [5, 5.41) is 0. The van der Waals surface area contributed by atoms with Gasteiger partial charge in [-0.15, -0.1) is 0 Å². The molecule has 0 N–H and O–H groups in total. The summed E-state index contributed by atoms with van der Waals surface area (Å²) < 4.78 is 0. The molecule has 0 radical (unpaired) electrons. The summed E-state index contributed by atoms with van der Waals surface area (Å²) in [7, 11) is 0. The van der Waals surface area contributed by atoms with Gasteiger partial charge < -0.3 is 9.80 Å². The zero-order valence-corrected chi connectivity index (χ0v) is 32.5. The molecule has 0 aliphatic heterocycles. The lowest BCUT2D eigenvalue weighted by molar-refractivity contribution is 0.414. The Labute approximate surface area is 329 Å². The first kappa shape index (κ1) is 37.2. The first-order valence-corrected chi connectivity index (χ1v) is 19.8. The van der Waals surface area contributed by atoms with Gasteiger partial charge in [-0.1, -0.05) is 151 Å². The van der Waals surface area contributed by atoms with E-state index in [4.69, 9.17) is 0 Å². The summed E-state index contributed by atoms with van der Waals surface area (Å²) in [6.45, 7) is 20.6. The Bertz CT molecular complexity index is 2020. The topological polar surface area (TPSA) is 6.48 Å². The van der Waals surface area contributed by atoms with Crippen LogP contribution < -0.4 is 9.80 Å². The monoisotopic (exact) mass is 716 g/mol. The van der Waals surface area contributed by atoms with E-state index in [0.717, 1.165) is 94.9 Å². The van der Waals surface area contributed by atoms with Crippen molar-refractivity contribution in [3.05, 3.63) is 193 Å². The maximum Gasteiger partial charge on any atom is 0.0465 e. The van der Waals surface area contributed by atoms with Gasteiger partial charge >= 0.3 is 0 Å². The summed E-state index contributed by atoms with van der Waals surface area (Å²) in [6.07, 6.45) is 14.4. The Morgan fingerprint density at radius 1 is 0.400 bits per heavy atom. The molecule has 1 aliphatic rings. The molecule has 274 valence electrons. The number of benzene rings is 6. The third-order valence-electron chi connectivity index (χ3n) is 11.3. The lowest BCUT2D eigenvalue weighted by Gasteiger charge is -2.35. The van der Waals surface area contributed by atoms with E-state index in [1.807, 2.05) is 24.3 Å². The smallest absolute Gasteiger partial charge is 0.0465 e. The average Bonchev–Trinajstić information content (AvgIpc) is 3.51. The molecule has 6 aromatic carbocycles. The Hall–Kier alpha value is -6.12. The third kappa shape index (κ3) is 7.25. The SMILES string of the molecule is C=Cc1ccc(N(c2ccc(C=C)cc2)c2ccc3c(c2)C(CCCC)(CCCC)c2cc(N(c4ccc(C=C)cc4)c4ccc(C=C)cc4)ccc2-3)cc1. The van der Waals surface area contributed by atoms with Crippen molar-refractivity contribution < 1.29 is 0 Å². The summed E-state index contributed by atoms with van der Waals surface area (Å²) in [5.74, 6) is 0.